The minimum absolute atomic E-state index is 0.293. The van der Waals surface area contributed by atoms with Crippen molar-refractivity contribution in [1.29, 1.82) is 0 Å². The van der Waals surface area contributed by atoms with Crippen LogP contribution in [0.5, 0.6) is 0 Å². The Morgan fingerprint density at radius 1 is 1.48 bits per heavy atom. The summed E-state index contributed by atoms with van der Waals surface area (Å²) in [5.74, 6) is 9.11. The topological polar surface area (TPSA) is 71.5 Å². The second-order valence-corrected chi connectivity index (χ2v) is 6.79. The van der Waals surface area contributed by atoms with E-state index in [1.54, 1.807) is 13.0 Å². The number of nitrogens with two attached hydrogens (primary N) is 1. The largest absolute Gasteiger partial charge is 0.464 e. The Morgan fingerprint density at radius 3 is 2.90 bits per heavy atom. The molecule has 21 heavy (non-hydrogen) atoms. The zero-order chi connectivity index (χ0) is 15.0. The lowest BCUT2D eigenvalue weighted by Gasteiger charge is -2.26. The van der Waals surface area contributed by atoms with Gasteiger partial charge in [-0.3, -0.25) is 15.1 Å². The van der Waals surface area contributed by atoms with Crippen LogP contribution in [0.15, 0.2) is 10.5 Å². The van der Waals surface area contributed by atoms with Gasteiger partial charge in [0.1, 0.15) is 11.5 Å². The van der Waals surface area contributed by atoms with Crippen LogP contribution in [0, 0.1) is 24.7 Å². The molecule has 3 atom stereocenters. The van der Waals surface area contributed by atoms with Gasteiger partial charge in [-0.2, -0.15) is 0 Å². The maximum atomic E-state index is 11.6. The van der Waals surface area contributed by atoms with Gasteiger partial charge in [-0.05, 0) is 57.1 Å². The molecule has 2 aliphatic rings. The second-order valence-electron chi connectivity index (χ2n) is 6.79. The van der Waals surface area contributed by atoms with E-state index in [0.29, 0.717) is 11.3 Å². The summed E-state index contributed by atoms with van der Waals surface area (Å²) in [5.41, 5.74) is 2.68. The molecule has 1 heterocycles. The van der Waals surface area contributed by atoms with Crippen molar-refractivity contribution in [3.05, 3.63) is 23.2 Å². The Labute approximate surface area is 125 Å². The molecule has 3 rings (SSSR count). The van der Waals surface area contributed by atoms with Gasteiger partial charge in [-0.15, -0.1) is 0 Å². The fraction of sp³-hybridized carbons (Fsp3) is 0.688. The zero-order valence-corrected chi connectivity index (χ0v) is 12.9. The third-order valence-electron chi connectivity index (χ3n) is 5.20. The zero-order valence-electron chi connectivity index (χ0n) is 12.9. The summed E-state index contributed by atoms with van der Waals surface area (Å²) in [6.45, 7) is 3.66. The monoisotopic (exact) mass is 291 g/mol. The number of nitrogens with zero attached hydrogens (tertiary/aromatic N) is 1. The van der Waals surface area contributed by atoms with Gasteiger partial charge in [0.2, 0.25) is 0 Å². The molecule has 2 bridgehead atoms. The molecule has 0 spiro atoms. The number of hydrazine groups is 1. The highest BCUT2D eigenvalue weighted by Gasteiger charge is 2.39. The Bertz CT molecular complexity index is 526. The van der Waals surface area contributed by atoms with Gasteiger partial charge in [-0.25, -0.2) is 5.84 Å². The molecule has 0 radical (unpaired) electrons. The summed E-state index contributed by atoms with van der Waals surface area (Å²) >= 11 is 0. The molecule has 0 aliphatic heterocycles. The SMILES string of the molecule is Cc1oc(CN(C)CC2CC3CCC2C3)cc1C(=O)NN. The van der Waals surface area contributed by atoms with Crippen molar-refractivity contribution in [3.63, 3.8) is 0 Å². The lowest BCUT2D eigenvalue weighted by atomic mass is 9.88. The summed E-state index contributed by atoms with van der Waals surface area (Å²) in [4.78, 5) is 13.9. The lowest BCUT2D eigenvalue weighted by molar-refractivity contribution is 0.0952. The van der Waals surface area contributed by atoms with Crippen LogP contribution in [0.4, 0.5) is 0 Å². The first-order chi connectivity index (χ1) is 10.1. The van der Waals surface area contributed by atoms with Crippen LogP contribution in [0.3, 0.4) is 0 Å². The van der Waals surface area contributed by atoms with Crippen molar-refractivity contribution < 1.29 is 9.21 Å². The Balaban J connectivity index is 1.57. The maximum Gasteiger partial charge on any atom is 0.268 e. The number of amides is 1. The molecular weight excluding hydrogens is 266 g/mol. The first-order valence-corrected chi connectivity index (χ1v) is 7.85. The molecule has 1 aromatic rings. The van der Waals surface area contributed by atoms with Gasteiger partial charge in [0.15, 0.2) is 0 Å². The lowest BCUT2D eigenvalue weighted by Crippen LogP contribution is -2.30. The summed E-state index contributed by atoms with van der Waals surface area (Å²) in [5, 5.41) is 0. The van der Waals surface area contributed by atoms with E-state index < -0.39 is 0 Å². The molecule has 5 nitrogen and oxygen atoms in total. The number of hydrogen-bond donors (Lipinski definition) is 2. The van der Waals surface area contributed by atoms with E-state index in [0.717, 1.165) is 36.6 Å². The van der Waals surface area contributed by atoms with E-state index in [9.17, 15) is 4.79 Å². The third kappa shape index (κ3) is 2.99. The predicted molar refractivity (Wildman–Crippen MR) is 80.4 cm³/mol. The second kappa shape index (κ2) is 5.81. The van der Waals surface area contributed by atoms with E-state index in [1.165, 1.54) is 25.7 Å². The van der Waals surface area contributed by atoms with Gasteiger partial charge in [0.25, 0.3) is 5.91 Å². The van der Waals surface area contributed by atoms with Gasteiger partial charge in [0.05, 0.1) is 12.1 Å². The van der Waals surface area contributed by atoms with Crippen molar-refractivity contribution in [2.24, 2.45) is 23.6 Å². The molecule has 1 aromatic heterocycles. The summed E-state index contributed by atoms with van der Waals surface area (Å²) in [6.07, 6.45) is 5.70. The number of fused-ring (bicyclic) bond motifs is 2. The number of carbonyl (C=O) groups excluding carboxylic acids is 1. The normalized spacial score (nSPS) is 27.5. The number of carbonyl (C=O) groups is 1. The quantitative estimate of drug-likeness (QED) is 0.495. The number of nitrogens with one attached hydrogen (secondary N) is 1. The number of rotatable bonds is 5. The third-order valence-corrected chi connectivity index (χ3v) is 5.20. The first-order valence-electron chi connectivity index (χ1n) is 7.85. The van der Waals surface area contributed by atoms with Crippen LogP contribution in [0.2, 0.25) is 0 Å². The molecule has 2 aliphatic carbocycles. The van der Waals surface area contributed by atoms with Gasteiger partial charge in [0, 0.05) is 6.54 Å². The summed E-state index contributed by atoms with van der Waals surface area (Å²) in [6, 6.07) is 1.80. The van der Waals surface area contributed by atoms with Crippen molar-refractivity contribution in [2.45, 2.75) is 39.2 Å². The standard InChI is InChI=1S/C16H25N3O2/c1-10-15(16(20)18-17)7-14(21-10)9-19(2)8-13-6-11-3-4-12(13)5-11/h7,11-13H,3-6,8-9,17H2,1-2H3,(H,18,20). The number of hydrogen-bond acceptors (Lipinski definition) is 4. The van der Waals surface area contributed by atoms with Crippen molar-refractivity contribution in [1.82, 2.24) is 10.3 Å². The summed E-state index contributed by atoms with van der Waals surface area (Å²) < 4.78 is 5.68. The molecule has 2 fully saturated rings. The minimum atomic E-state index is -0.293. The van der Waals surface area contributed by atoms with E-state index >= 15 is 0 Å². The minimum Gasteiger partial charge on any atom is -0.464 e. The molecule has 3 unspecified atom stereocenters. The van der Waals surface area contributed by atoms with Crippen LogP contribution in [0.1, 0.15) is 47.6 Å². The van der Waals surface area contributed by atoms with Crippen molar-refractivity contribution in [2.75, 3.05) is 13.6 Å². The molecular formula is C16H25N3O2. The number of nitrogen functional groups attached to an aromatic ring is 1. The van der Waals surface area contributed by atoms with Crippen LogP contribution >= 0.6 is 0 Å². The van der Waals surface area contributed by atoms with Crippen molar-refractivity contribution in [3.8, 4) is 0 Å². The van der Waals surface area contributed by atoms with E-state index in [2.05, 4.69) is 17.4 Å². The number of furan rings is 1. The fourth-order valence-electron chi connectivity index (χ4n) is 4.26. The van der Waals surface area contributed by atoms with Crippen LogP contribution < -0.4 is 11.3 Å². The molecule has 1 amide bonds. The van der Waals surface area contributed by atoms with Gasteiger partial charge >= 0.3 is 0 Å². The number of aryl methyl sites for hydroxylation is 1. The summed E-state index contributed by atoms with van der Waals surface area (Å²) in [7, 11) is 2.13. The highest BCUT2D eigenvalue weighted by Crippen LogP contribution is 2.48. The average molecular weight is 291 g/mol. The van der Waals surface area contributed by atoms with E-state index in [-0.39, 0.29) is 5.91 Å². The van der Waals surface area contributed by atoms with Gasteiger partial charge in [-0.1, -0.05) is 6.42 Å². The smallest absolute Gasteiger partial charge is 0.268 e. The van der Waals surface area contributed by atoms with E-state index in [4.69, 9.17) is 10.3 Å². The highest BCUT2D eigenvalue weighted by atomic mass is 16.3. The fourth-order valence-corrected chi connectivity index (χ4v) is 4.26. The highest BCUT2D eigenvalue weighted by molar-refractivity contribution is 5.94. The molecule has 2 saturated carbocycles. The molecule has 0 saturated heterocycles. The van der Waals surface area contributed by atoms with Crippen LogP contribution in [-0.2, 0) is 6.54 Å². The van der Waals surface area contributed by atoms with E-state index in [1.807, 2.05) is 0 Å². The Morgan fingerprint density at radius 2 is 2.29 bits per heavy atom. The van der Waals surface area contributed by atoms with Crippen LogP contribution in [-0.4, -0.2) is 24.4 Å². The maximum absolute atomic E-state index is 11.6. The molecule has 0 aromatic carbocycles. The molecule has 116 valence electrons. The Hall–Kier alpha value is -1.33. The average Bonchev–Trinajstić information content (AvgIpc) is 3.13. The van der Waals surface area contributed by atoms with Crippen molar-refractivity contribution >= 4 is 5.91 Å². The molecule has 3 N–H and O–H groups in total. The van der Waals surface area contributed by atoms with Gasteiger partial charge < -0.3 is 4.42 Å². The Kier molecular flexibility index (Phi) is 4.04. The first kappa shape index (κ1) is 14.6. The predicted octanol–water partition coefficient (Wildman–Crippen LogP) is 2.06. The molecule has 5 heteroatoms. The van der Waals surface area contributed by atoms with Crippen LogP contribution in [0.25, 0.3) is 0 Å².